The Hall–Kier alpha value is -2.28. The molecule has 0 aromatic heterocycles. The number of unbranched alkanes of at least 4 members (excludes halogenated alkanes) is 6. The van der Waals surface area contributed by atoms with Crippen molar-refractivity contribution >= 4 is 66.3 Å². The van der Waals surface area contributed by atoms with Crippen LogP contribution in [0.5, 0.6) is 0 Å². The second-order valence-electron chi connectivity index (χ2n) is 11.3. The highest BCUT2D eigenvalue weighted by Crippen LogP contribution is 2.43. The monoisotopic (exact) mass is 542 g/mol. The fourth-order valence-corrected chi connectivity index (χ4v) is 6.61. The van der Waals surface area contributed by atoms with Crippen molar-refractivity contribution in [2.75, 3.05) is 0 Å². The Morgan fingerprint density at radius 3 is 1.13 bits per heavy atom. The molecule has 0 heterocycles. The third-order valence-corrected chi connectivity index (χ3v) is 9.24. The Morgan fingerprint density at radius 1 is 0.447 bits per heavy atom. The maximum Gasteiger partial charge on any atom is 0.0564 e. The Kier molecular flexibility index (Phi) is 8.51. The summed E-state index contributed by atoms with van der Waals surface area (Å²) in [5, 5.41) is 10.7. The van der Waals surface area contributed by atoms with Crippen molar-refractivity contribution in [3.63, 3.8) is 0 Å². The number of fused-ring (bicyclic) bond motifs is 4. The lowest BCUT2D eigenvalue weighted by Crippen LogP contribution is -1.97. The van der Waals surface area contributed by atoms with Crippen LogP contribution in [0.1, 0.15) is 87.5 Å². The summed E-state index contributed by atoms with van der Waals surface area (Å²) in [5.41, 5.74) is 5.62. The van der Waals surface area contributed by atoms with E-state index in [2.05, 4.69) is 76.2 Å². The van der Waals surface area contributed by atoms with Crippen molar-refractivity contribution in [2.45, 2.75) is 91.9 Å². The van der Waals surface area contributed by atoms with Crippen LogP contribution < -0.4 is 0 Å². The molecule has 0 fully saturated rings. The summed E-state index contributed by atoms with van der Waals surface area (Å²) in [7, 11) is 0. The summed E-state index contributed by atoms with van der Waals surface area (Å²) in [5.74, 6) is 0. The number of benzene rings is 5. The van der Waals surface area contributed by atoms with Gasteiger partial charge in [0.05, 0.1) is 10.0 Å². The maximum atomic E-state index is 7.15. The summed E-state index contributed by atoms with van der Waals surface area (Å²) >= 11 is 14.3. The van der Waals surface area contributed by atoms with Gasteiger partial charge in [0.15, 0.2) is 0 Å². The zero-order chi connectivity index (χ0) is 26.8. The fourth-order valence-electron chi connectivity index (χ4n) is 5.99. The van der Waals surface area contributed by atoms with Crippen molar-refractivity contribution in [1.82, 2.24) is 0 Å². The quantitative estimate of drug-likeness (QED) is 0.121. The van der Waals surface area contributed by atoms with Crippen molar-refractivity contribution in [2.24, 2.45) is 0 Å². The molecule has 5 aromatic rings. The van der Waals surface area contributed by atoms with Crippen LogP contribution in [0.4, 0.5) is 0 Å². The van der Waals surface area contributed by atoms with Gasteiger partial charge in [0.2, 0.25) is 0 Å². The highest BCUT2D eigenvalue weighted by Gasteiger charge is 2.15. The molecule has 0 saturated carbocycles. The third-order valence-electron chi connectivity index (χ3n) is 8.43. The van der Waals surface area contributed by atoms with Gasteiger partial charge in [-0.15, -0.1) is 0 Å². The van der Waals surface area contributed by atoms with Crippen LogP contribution in [0, 0.1) is 13.8 Å². The van der Waals surface area contributed by atoms with E-state index in [9.17, 15) is 0 Å². The van der Waals surface area contributed by atoms with Crippen molar-refractivity contribution in [3.05, 3.63) is 80.8 Å². The van der Waals surface area contributed by atoms with E-state index in [0.29, 0.717) is 0 Å². The second-order valence-corrected chi connectivity index (χ2v) is 12.1. The van der Waals surface area contributed by atoms with Gasteiger partial charge in [-0.3, -0.25) is 0 Å². The van der Waals surface area contributed by atoms with E-state index in [4.69, 9.17) is 23.2 Å². The van der Waals surface area contributed by atoms with Gasteiger partial charge in [-0.05, 0) is 108 Å². The fraction of sp³-hybridized carbons (Fsp3) is 0.389. The van der Waals surface area contributed by atoms with E-state index in [1.54, 1.807) is 0 Å². The molecule has 0 spiro atoms. The second kappa shape index (κ2) is 11.8. The van der Waals surface area contributed by atoms with Crippen LogP contribution in [-0.4, -0.2) is 0 Å². The highest BCUT2D eigenvalue weighted by atomic mass is 35.5. The maximum absolute atomic E-state index is 7.15. The minimum Gasteiger partial charge on any atom is -0.0830 e. The third kappa shape index (κ3) is 5.41. The molecule has 5 rings (SSSR count). The first-order valence-corrected chi connectivity index (χ1v) is 15.4. The van der Waals surface area contributed by atoms with Crippen molar-refractivity contribution in [3.8, 4) is 0 Å². The molecule has 2 heteroatoms. The van der Waals surface area contributed by atoms with E-state index >= 15 is 0 Å². The Morgan fingerprint density at radius 2 is 0.789 bits per heavy atom. The lowest BCUT2D eigenvalue weighted by molar-refractivity contribution is 0.651. The lowest BCUT2D eigenvalue weighted by atomic mass is 9.91. The van der Waals surface area contributed by atoms with Gasteiger partial charge in [-0.25, -0.2) is 0 Å². The summed E-state index contributed by atoms with van der Waals surface area (Å²) in [6, 6.07) is 18.4. The molecular formula is C36H40Cl2. The van der Waals surface area contributed by atoms with Gasteiger partial charge in [-0.1, -0.05) is 99.8 Å². The molecular weight excluding hydrogens is 503 g/mol. The number of hydrogen-bond donors (Lipinski definition) is 0. The minimum absolute atomic E-state index is 0.801. The van der Waals surface area contributed by atoms with E-state index in [-0.39, 0.29) is 0 Å². The first-order valence-electron chi connectivity index (χ1n) is 14.6. The topological polar surface area (TPSA) is 0 Å². The highest BCUT2D eigenvalue weighted by molar-refractivity contribution is 6.48. The largest absolute Gasteiger partial charge is 0.0830 e. The Labute approximate surface area is 238 Å². The Bertz CT molecular complexity index is 1510. The van der Waals surface area contributed by atoms with Crippen LogP contribution in [0.25, 0.3) is 43.1 Å². The van der Waals surface area contributed by atoms with Gasteiger partial charge >= 0.3 is 0 Å². The average molecular weight is 544 g/mol. The van der Waals surface area contributed by atoms with E-state index in [1.807, 2.05) is 0 Å². The standard InChI is InChI=1S/C36H40Cl2/c1-5-7-9-11-13-25-17-29-21-33-34(22-30(29)18-26(25)14-12-10-8-6-2)36(38)32-20-28-16-24(4)23(3)15-27(28)19-31(32)35(33)37/h15-22H,5-14H2,1-4H3. The molecule has 0 radical (unpaired) electrons. The summed E-state index contributed by atoms with van der Waals surface area (Å²) in [4.78, 5) is 0. The molecule has 0 unspecified atom stereocenters. The zero-order valence-corrected chi connectivity index (χ0v) is 25.0. The lowest BCUT2D eigenvalue weighted by Gasteiger charge is -2.16. The number of hydrogen-bond acceptors (Lipinski definition) is 0. The van der Waals surface area contributed by atoms with Gasteiger partial charge in [0.1, 0.15) is 0 Å². The number of aryl methyl sites for hydroxylation is 4. The van der Waals surface area contributed by atoms with Gasteiger partial charge < -0.3 is 0 Å². The SMILES string of the molecule is CCCCCCc1cc2cc3c(Cl)c4cc5cc(C)c(C)cc5cc4c(Cl)c3cc2cc1CCCCCC. The molecule has 0 aliphatic carbocycles. The predicted octanol–water partition coefficient (Wildman–Crippen LogP) is 12.5. The molecule has 38 heavy (non-hydrogen) atoms. The molecule has 0 N–H and O–H groups in total. The average Bonchev–Trinajstić information content (AvgIpc) is 2.91. The van der Waals surface area contributed by atoms with Crippen LogP contribution in [0.15, 0.2) is 48.5 Å². The smallest absolute Gasteiger partial charge is 0.0564 e. The molecule has 0 aliphatic rings. The molecule has 0 atom stereocenters. The molecule has 0 bridgehead atoms. The van der Waals surface area contributed by atoms with E-state index in [0.717, 1.165) is 44.4 Å². The van der Waals surface area contributed by atoms with Gasteiger partial charge in [0.25, 0.3) is 0 Å². The van der Waals surface area contributed by atoms with Crippen LogP contribution >= 0.6 is 23.2 Å². The Balaban J connectivity index is 1.66. The van der Waals surface area contributed by atoms with Gasteiger partial charge in [0, 0.05) is 21.5 Å². The van der Waals surface area contributed by atoms with Crippen LogP contribution in [0.2, 0.25) is 10.0 Å². The molecule has 0 aliphatic heterocycles. The number of halogens is 2. The first-order chi connectivity index (χ1) is 18.4. The predicted molar refractivity (Wildman–Crippen MR) is 172 cm³/mol. The molecule has 198 valence electrons. The molecule has 0 nitrogen and oxygen atoms in total. The van der Waals surface area contributed by atoms with Crippen molar-refractivity contribution in [1.29, 1.82) is 0 Å². The number of rotatable bonds is 10. The summed E-state index contributed by atoms with van der Waals surface area (Å²) in [6.07, 6.45) is 12.6. The van der Waals surface area contributed by atoms with Crippen LogP contribution in [-0.2, 0) is 12.8 Å². The normalized spacial score (nSPS) is 11.9. The van der Waals surface area contributed by atoms with E-state index < -0.39 is 0 Å². The summed E-state index contributed by atoms with van der Waals surface area (Å²) < 4.78 is 0. The molecule has 0 amide bonds. The zero-order valence-electron chi connectivity index (χ0n) is 23.4. The minimum atomic E-state index is 0.801. The van der Waals surface area contributed by atoms with Crippen LogP contribution in [0.3, 0.4) is 0 Å². The summed E-state index contributed by atoms with van der Waals surface area (Å²) in [6.45, 7) is 8.89. The van der Waals surface area contributed by atoms with E-state index in [1.165, 1.54) is 95.2 Å². The van der Waals surface area contributed by atoms with Crippen molar-refractivity contribution < 1.29 is 0 Å². The first kappa shape index (κ1) is 27.3. The molecule has 0 saturated heterocycles. The van der Waals surface area contributed by atoms with Gasteiger partial charge in [-0.2, -0.15) is 0 Å². The molecule has 5 aromatic carbocycles.